The van der Waals surface area contributed by atoms with Gasteiger partial charge in [0.15, 0.2) is 0 Å². The van der Waals surface area contributed by atoms with E-state index in [1.807, 2.05) is 13.0 Å². The van der Waals surface area contributed by atoms with Gasteiger partial charge < -0.3 is 32.1 Å². The normalized spacial score (nSPS) is 13.9. The number of benzene rings is 3. The molecule has 0 aliphatic heterocycles. The van der Waals surface area contributed by atoms with E-state index >= 15 is 0 Å². The van der Waals surface area contributed by atoms with E-state index < -0.39 is 5.60 Å². The summed E-state index contributed by atoms with van der Waals surface area (Å²) in [5.74, 6) is 6.10. The van der Waals surface area contributed by atoms with Crippen LogP contribution < -0.4 is 27.6 Å². The number of nitrogens with two attached hydrogens (primary N) is 3. The SMILES string of the molecule is Cc1ccc(O)c(N(N)/C=C(\N)C(O)(C/C(N)=C/Nc2cc(Cl)ccc2O)c2ccccc2)c1. The molecule has 3 rings (SSSR count). The number of nitrogens with one attached hydrogen (secondary N) is 1. The van der Waals surface area contributed by atoms with Crippen LogP contribution in [0.25, 0.3) is 0 Å². The van der Waals surface area contributed by atoms with Crippen molar-refractivity contribution >= 4 is 23.0 Å². The first-order valence-corrected chi connectivity index (χ1v) is 10.8. The summed E-state index contributed by atoms with van der Waals surface area (Å²) in [4.78, 5) is 0. The van der Waals surface area contributed by atoms with Crippen molar-refractivity contribution < 1.29 is 15.3 Å². The number of hydrogen-bond acceptors (Lipinski definition) is 8. The third-order valence-corrected chi connectivity index (χ3v) is 5.48. The molecule has 3 aromatic carbocycles. The average molecular weight is 482 g/mol. The Morgan fingerprint density at radius 3 is 2.41 bits per heavy atom. The molecular formula is C25H28ClN5O3. The van der Waals surface area contributed by atoms with Gasteiger partial charge in [0.05, 0.1) is 17.1 Å². The number of aryl methyl sites for hydroxylation is 1. The molecule has 178 valence electrons. The topological polar surface area (TPSA) is 154 Å². The second-order valence-electron chi connectivity index (χ2n) is 7.91. The van der Waals surface area contributed by atoms with Crippen LogP contribution in [0.1, 0.15) is 17.5 Å². The minimum atomic E-state index is -1.73. The zero-order valence-electron chi connectivity index (χ0n) is 18.6. The van der Waals surface area contributed by atoms with Gasteiger partial charge in [-0.3, -0.25) is 5.01 Å². The second-order valence-corrected chi connectivity index (χ2v) is 8.35. The lowest BCUT2D eigenvalue weighted by atomic mass is 9.86. The molecular weight excluding hydrogens is 454 g/mol. The summed E-state index contributed by atoms with van der Waals surface area (Å²) in [5, 5.41) is 36.3. The molecule has 3 aromatic rings. The molecule has 10 N–H and O–H groups in total. The van der Waals surface area contributed by atoms with Gasteiger partial charge in [0.25, 0.3) is 0 Å². The van der Waals surface area contributed by atoms with Gasteiger partial charge in [0.2, 0.25) is 0 Å². The molecule has 8 nitrogen and oxygen atoms in total. The Hall–Kier alpha value is -3.85. The van der Waals surface area contributed by atoms with E-state index in [2.05, 4.69) is 5.32 Å². The molecule has 1 unspecified atom stereocenters. The van der Waals surface area contributed by atoms with Gasteiger partial charge in [-0.25, -0.2) is 5.84 Å². The molecule has 0 bridgehead atoms. The molecule has 0 aliphatic carbocycles. The van der Waals surface area contributed by atoms with Crippen molar-refractivity contribution in [1.29, 1.82) is 0 Å². The van der Waals surface area contributed by atoms with Crippen molar-refractivity contribution in [3.05, 3.63) is 107 Å². The summed E-state index contributed by atoms with van der Waals surface area (Å²) in [6, 6.07) is 18.3. The lowest BCUT2D eigenvalue weighted by Crippen LogP contribution is -2.37. The lowest BCUT2D eigenvalue weighted by molar-refractivity contribution is 0.0741. The third-order valence-electron chi connectivity index (χ3n) is 5.25. The molecule has 1 atom stereocenters. The number of nitrogens with zero attached hydrogens (tertiary/aromatic N) is 1. The van der Waals surface area contributed by atoms with Crippen LogP contribution >= 0.6 is 11.6 Å². The van der Waals surface area contributed by atoms with E-state index in [1.165, 1.54) is 24.5 Å². The first-order valence-electron chi connectivity index (χ1n) is 10.4. The molecule has 0 aliphatic rings. The fraction of sp³-hybridized carbons (Fsp3) is 0.120. The zero-order chi connectivity index (χ0) is 24.9. The maximum Gasteiger partial charge on any atom is 0.140 e. The minimum Gasteiger partial charge on any atom is -0.506 e. The summed E-state index contributed by atoms with van der Waals surface area (Å²) in [5.41, 5.74) is 13.1. The van der Waals surface area contributed by atoms with Crippen LogP contribution in [0.3, 0.4) is 0 Å². The summed E-state index contributed by atoms with van der Waals surface area (Å²) in [6.07, 6.45) is 2.69. The lowest BCUT2D eigenvalue weighted by Gasteiger charge is -2.31. The van der Waals surface area contributed by atoms with Crippen LogP contribution in [0.2, 0.25) is 5.02 Å². The Morgan fingerprint density at radius 2 is 1.71 bits per heavy atom. The summed E-state index contributed by atoms with van der Waals surface area (Å²) >= 11 is 5.98. The highest BCUT2D eigenvalue weighted by Crippen LogP contribution is 2.34. The number of rotatable bonds is 8. The minimum absolute atomic E-state index is 0.00376. The molecule has 0 heterocycles. The molecule has 34 heavy (non-hydrogen) atoms. The Kier molecular flexibility index (Phi) is 7.57. The molecule has 0 spiro atoms. The smallest absolute Gasteiger partial charge is 0.140 e. The molecule has 0 fully saturated rings. The van der Waals surface area contributed by atoms with Gasteiger partial charge >= 0.3 is 0 Å². The van der Waals surface area contributed by atoms with Gasteiger partial charge in [-0.05, 0) is 48.4 Å². The Bertz CT molecular complexity index is 1220. The molecule has 0 aromatic heterocycles. The van der Waals surface area contributed by atoms with Crippen LogP contribution in [0.5, 0.6) is 11.5 Å². The van der Waals surface area contributed by atoms with Gasteiger partial charge in [-0.15, -0.1) is 0 Å². The summed E-state index contributed by atoms with van der Waals surface area (Å²) in [7, 11) is 0. The molecule has 0 amide bonds. The highest BCUT2D eigenvalue weighted by Gasteiger charge is 2.33. The van der Waals surface area contributed by atoms with Crippen molar-refractivity contribution in [3.63, 3.8) is 0 Å². The van der Waals surface area contributed by atoms with Gasteiger partial charge in [0.1, 0.15) is 17.1 Å². The number of phenolic OH excluding ortho intramolecular Hbond substituents is 2. The highest BCUT2D eigenvalue weighted by atomic mass is 35.5. The fourth-order valence-corrected chi connectivity index (χ4v) is 3.56. The molecule has 0 radical (unpaired) electrons. The van der Waals surface area contributed by atoms with Crippen molar-refractivity contribution in [2.75, 3.05) is 10.3 Å². The standard InChI is InChI=1S/C25H28ClN5O3/c1-16-7-9-23(33)21(11-16)31(29)15-24(28)25(34,17-5-3-2-4-6-17)13-19(27)14-30-20-12-18(26)8-10-22(20)32/h2-12,14-15,30,32-34H,13,27-29H2,1H3/b19-14-,24-15-. The maximum absolute atomic E-state index is 11.7. The number of aromatic hydroxyl groups is 2. The largest absolute Gasteiger partial charge is 0.506 e. The number of halogens is 1. The summed E-state index contributed by atoms with van der Waals surface area (Å²) < 4.78 is 0. The monoisotopic (exact) mass is 481 g/mol. The number of anilines is 2. The average Bonchev–Trinajstić information content (AvgIpc) is 2.81. The molecule has 9 heteroatoms. The second kappa shape index (κ2) is 10.4. The van der Waals surface area contributed by atoms with E-state index in [-0.39, 0.29) is 29.3 Å². The Balaban J connectivity index is 1.93. The van der Waals surface area contributed by atoms with E-state index in [9.17, 15) is 15.3 Å². The van der Waals surface area contributed by atoms with E-state index in [1.54, 1.807) is 48.5 Å². The molecule has 0 saturated carbocycles. The number of hydrogen-bond donors (Lipinski definition) is 7. The number of aliphatic hydroxyl groups is 1. The van der Waals surface area contributed by atoms with Crippen LogP contribution in [0.4, 0.5) is 11.4 Å². The van der Waals surface area contributed by atoms with Crippen molar-refractivity contribution in [1.82, 2.24) is 0 Å². The van der Waals surface area contributed by atoms with E-state index in [0.717, 1.165) is 10.6 Å². The first kappa shape index (κ1) is 24.8. The Labute approximate surface area is 203 Å². The summed E-state index contributed by atoms with van der Waals surface area (Å²) in [6.45, 7) is 1.86. The third kappa shape index (κ3) is 5.74. The van der Waals surface area contributed by atoms with Crippen LogP contribution in [0, 0.1) is 6.92 Å². The predicted molar refractivity (Wildman–Crippen MR) is 136 cm³/mol. The van der Waals surface area contributed by atoms with Crippen LogP contribution in [-0.4, -0.2) is 15.3 Å². The quantitative estimate of drug-likeness (QED) is 0.146. The van der Waals surface area contributed by atoms with Crippen molar-refractivity contribution in [3.8, 4) is 11.5 Å². The fourth-order valence-electron chi connectivity index (χ4n) is 3.39. The van der Waals surface area contributed by atoms with Gasteiger partial charge in [-0.2, -0.15) is 0 Å². The zero-order valence-corrected chi connectivity index (χ0v) is 19.4. The van der Waals surface area contributed by atoms with Gasteiger partial charge in [0, 0.05) is 29.5 Å². The highest BCUT2D eigenvalue weighted by molar-refractivity contribution is 6.30. The van der Waals surface area contributed by atoms with Crippen molar-refractivity contribution in [2.24, 2.45) is 17.3 Å². The number of hydrazine groups is 1. The van der Waals surface area contributed by atoms with Crippen LogP contribution in [0.15, 0.2) is 90.5 Å². The van der Waals surface area contributed by atoms with E-state index in [4.69, 9.17) is 28.9 Å². The predicted octanol–water partition coefficient (Wildman–Crippen LogP) is 3.73. The molecule has 0 saturated heterocycles. The Morgan fingerprint density at radius 1 is 1.03 bits per heavy atom. The maximum atomic E-state index is 11.7. The van der Waals surface area contributed by atoms with Crippen LogP contribution in [-0.2, 0) is 5.60 Å². The van der Waals surface area contributed by atoms with E-state index in [0.29, 0.717) is 22.0 Å². The van der Waals surface area contributed by atoms with Gasteiger partial charge in [-0.1, -0.05) is 48.0 Å². The van der Waals surface area contributed by atoms with Crippen molar-refractivity contribution in [2.45, 2.75) is 18.9 Å². The number of phenols is 2. The first-order chi connectivity index (χ1) is 16.1.